The number of piperidine rings is 1. The highest BCUT2D eigenvalue weighted by Crippen LogP contribution is 2.23. The predicted molar refractivity (Wildman–Crippen MR) is 102 cm³/mol. The van der Waals surface area contributed by atoms with Gasteiger partial charge in [0.2, 0.25) is 11.8 Å². The molecule has 0 aliphatic carbocycles. The Kier molecular flexibility index (Phi) is 6.26. The lowest BCUT2D eigenvalue weighted by Crippen LogP contribution is -2.46. The number of aromatic nitrogens is 2. The number of morpholine rings is 1. The summed E-state index contributed by atoms with van der Waals surface area (Å²) in [4.78, 5) is 24.8. The van der Waals surface area contributed by atoms with Gasteiger partial charge in [0.05, 0.1) is 19.8 Å². The first-order valence-corrected chi connectivity index (χ1v) is 9.70. The van der Waals surface area contributed by atoms with Crippen molar-refractivity contribution in [1.29, 1.82) is 0 Å². The first kappa shape index (κ1) is 19.9. The monoisotopic (exact) mass is 398 g/mol. The third-order valence-electron chi connectivity index (χ3n) is 4.27. The highest BCUT2D eigenvalue weighted by Gasteiger charge is 2.29. The Balaban J connectivity index is 1.64. The van der Waals surface area contributed by atoms with E-state index in [1.807, 2.05) is 25.7 Å². The summed E-state index contributed by atoms with van der Waals surface area (Å²) in [6, 6.07) is 1.61. The van der Waals surface area contributed by atoms with Gasteiger partial charge >= 0.3 is 6.09 Å². The van der Waals surface area contributed by atoms with E-state index in [4.69, 9.17) is 25.8 Å². The van der Waals surface area contributed by atoms with Gasteiger partial charge in [0.25, 0.3) is 0 Å². The number of carbonyl (C=O) groups is 1. The first-order chi connectivity index (χ1) is 12.8. The van der Waals surface area contributed by atoms with Crippen LogP contribution in [0.2, 0.25) is 5.15 Å². The number of halogens is 1. The number of hydrogen-bond donors (Lipinski definition) is 0. The van der Waals surface area contributed by atoms with E-state index in [0.717, 1.165) is 25.9 Å². The van der Waals surface area contributed by atoms with Gasteiger partial charge in [-0.2, -0.15) is 4.98 Å². The number of rotatable bonds is 3. The van der Waals surface area contributed by atoms with Crippen molar-refractivity contribution < 1.29 is 19.0 Å². The molecule has 150 valence electrons. The summed E-state index contributed by atoms with van der Waals surface area (Å²) in [6.07, 6.45) is 1.22. The van der Waals surface area contributed by atoms with E-state index in [-0.39, 0.29) is 12.2 Å². The maximum absolute atomic E-state index is 12.3. The largest absolute Gasteiger partial charge is 0.472 e. The SMILES string of the molecule is CC(C)(C)OC(=O)N1CCC[C@H](Oc2cc(Cl)nc(N3CCOCC3)n2)C1. The number of nitrogens with zero attached hydrogens (tertiary/aromatic N) is 4. The Bertz CT molecular complexity index is 661. The fourth-order valence-electron chi connectivity index (χ4n) is 3.05. The molecule has 3 rings (SSSR count). The van der Waals surface area contributed by atoms with Crippen LogP contribution in [0, 0.1) is 0 Å². The van der Waals surface area contributed by atoms with Crippen molar-refractivity contribution >= 4 is 23.6 Å². The lowest BCUT2D eigenvalue weighted by Gasteiger charge is -2.34. The summed E-state index contributed by atoms with van der Waals surface area (Å²) in [5, 5.41) is 0.335. The van der Waals surface area contributed by atoms with Gasteiger partial charge in [0.1, 0.15) is 16.9 Å². The number of anilines is 1. The van der Waals surface area contributed by atoms with Crippen LogP contribution in [-0.4, -0.2) is 72.1 Å². The average Bonchev–Trinajstić information content (AvgIpc) is 2.61. The lowest BCUT2D eigenvalue weighted by molar-refractivity contribution is 0.00721. The third kappa shape index (κ3) is 5.84. The molecule has 8 nitrogen and oxygen atoms in total. The van der Waals surface area contributed by atoms with Crippen LogP contribution in [0.15, 0.2) is 6.07 Å². The quantitative estimate of drug-likeness (QED) is 0.724. The molecule has 2 aliphatic heterocycles. The summed E-state index contributed by atoms with van der Waals surface area (Å²) in [6.45, 7) is 9.42. The van der Waals surface area contributed by atoms with Crippen molar-refractivity contribution in [2.75, 3.05) is 44.3 Å². The van der Waals surface area contributed by atoms with E-state index in [2.05, 4.69) is 9.97 Å². The molecule has 0 spiro atoms. The molecular weight excluding hydrogens is 372 g/mol. The van der Waals surface area contributed by atoms with Gasteiger partial charge in [-0.25, -0.2) is 9.78 Å². The zero-order valence-corrected chi connectivity index (χ0v) is 16.9. The van der Waals surface area contributed by atoms with Crippen molar-refractivity contribution in [1.82, 2.24) is 14.9 Å². The maximum Gasteiger partial charge on any atom is 0.410 e. The fourth-order valence-corrected chi connectivity index (χ4v) is 3.22. The highest BCUT2D eigenvalue weighted by atomic mass is 35.5. The van der Waals surface area contributed by atoms with Gasteiger partial charge in [0.15, 0.2) is 0 Å². The molecular formula is C18H27ClN4O4. The van der Waals surface area contributed by atoms with Crippen LogP contribution in [0.25, 0.3) is 0 Å². The second-order valence-electron chi connectivity index (χ2n) is 7.74. The smallest absolute Gasteiger partial charge is 0.410 e. The van der Waals surface area contributed by atoms with E-state index < -0.39 is 5.60 Å². The van der Waals surface area contributed by atoms with E-state index in [1.54, 1.807) is 11.0 Å². The molecule has 0 unspecified atom stereocenters. The lowest BCUT2D eigenvalue weighted by atomic mass is 10.1. The Morgan fingerprint density at radius 3 is 2.70 bits per heavy atom. The first-order valence-electron chi connectivity index (χ1n) is 9.32. The molecule has 0 aromatic carbocycles. The maximum atomic E-state index is 12.3. The number of amides is 1. The molecule has 0 bridgehead atoms. The topological polar surface area (TPSA) is 77.0 Å². The minimum Gasteiger partial charge on any atom is -0.472 e. The number of hydrogen-bond acceptors (Lipinski definition) is 7. The van der Waals surface area contributed by atoms with Crippen LogP contribution in [0.5, 0.6) is 5.88 Å². The zero-order valence-electron chi connectivity index (χ0n) is 16.1. The van der Waals surface area contributed by atoms with E-state index >= 15 is 0 Å². The Labute approximate surface area is 164 Å². The van der Waals surface area contributed by atoms with E-state index in [1.165, 1.54) is 0 Å². The third-order valence-corrected chi connectivity index (χ3v) is 4.46. The molecule has 1 amide bonds. The molecule has 1 aromatic heterocycles. The molecule has 27 heavy (non-hydrogen) atoms. The Hall–Kier alpha value is -1.80. The van der Waals surface area contributed by atoms with E-state index in [9.17, 15) is 4.79 Å². The van der Waals surface area contributed by atoms with Crippen LogP contribution >= 0.6 is 11.6 Å². The summed E-state index contributed by atoms with van der Waals surface area (Å²) < 4.78 is 16.9. The van der Waals surface area contributed by atoms with Gasteiger partial charge in [-0.15, -0.1) is 0 Å². The van der Waals surface area contributed by atoms with Crippen molar-refractivity contribution in [3.8, 4) is 5.88 Å². The Morgan fingerprint density at radius 2 is 2.00 bits per heavy atom. The normalized spacial score (nSPS) is 21.1. The standard InChI is InChI=1S/C18H27ClN4O4/c1-18(2,3)27-17(24)23-6-4-5-13(12-23)26-15-11-14(19)20-16(21-15)22-7-9-25-10-8-22/h11,13H,4-10,12H2,1-3H3/t13-/m0/s1. The minimum absolute atomic E-state index is 0.158. The summed E-state index contributed by atoms with van der Waals surface area (Å²) in [5.41, 5.74) is -0.516. The van der Waals surface area contributed by atoms with Crippen LogP contribution in [0.4, 0.5) is 10.7 Å². The second kappa shape index (κ2) is 8.48. The highest BCUT2D eigenvalue weighted by molar-refractivity contribution is 6.29. The van der Waals surface area contributed by atoms with Crippen LogP contribution < -0.4 is 9.64 Å². The Morgan fingerprint density at radius 1 is 1.26 bits per heavy atom. The number of carbonyl (C=O) groups excluding carboxylic acids is 1. The van der Waals surface area contributed by atoms with Crippen molar-refractivity contribution in [3.05, 3.63) is 11.2 Å². The van der Waals surface area contributed by atoms with Crippen LogP contribution in [0.1, 0.15) is 33.6 Å². The molecule has 2 aliphatic rings. The molecule has 0 saturated carbocycles. The van der Waals surface area contributed by atoms with Gasteiger partial charge in [-0.3, -0.25) is 0 Å². The van der Waals surface area contributed by atoms with Gasteiger partial charge < -0.3 is 24.0 Å². The molecule has 0 radical (unpaired) electrons. The van der Waals surface area contributed by atoms with Gasteiger partial charge in [0, 0.05) is 25.7 Å². The molecule has 2 fully saturated rings. The summed E-state index contributed by atoms with van der Waals surface area (Å²) in [5.74, 6) is 0.966. The minimum atomic E-state index is -0.516. The molecule has 0 N–H and O–H groups in total. The second-order valence-corrected chi connectivity index (χ2v) is 8.12. The summed E-state index contributed by atoms with van der Waals surface area (Å²) in [7, 11) is 0. The van der Waals surface area contributed by atoms with Crippen LogP contribution in [-0.2, 0) is 9.47 Å². The fraction of sp³-hybridized carbons (Fsp3) is 0.722. The van der Waals surface area contributed by atoms with Crippen LogP contribution in [0.3, 0.4) is 0 Å². The molecule has 9 heteroatoms. The van der Waals surface area contributed by atoms with Gasteiger partial charge in [-0.1, -0.05) is 11.6 Å². The molecule has 3 heterocycles. The van der Waals surface area contributed by atoms with Crippen molar-refractivity contribution in [2.24, 2.45) is 0 Å². The summed E-state index contributed by atoms with van der Waals surface area (Å²) >= 11 is 6.17. The average molecular weight is 399 g/mol. The zero-order chi connectivity index (χ0) is 19.4. The number of likely N-dealkylation sites (tertiary alicyclic amines) is 1. The van der Waals surface area contributed by atoms with E-state index in [0.29, 0.717) is 43.3 Å². The molecule has 1 atom stereocenters. The van der Waals surface area contributed by atoms with Gasteiger partial charge in [-0.05, 0) is 33.6 Å². The number of ether oxygens (including phenoxy) is 3. The predicted octanol–water partition coefficient (Wildman–Crippen LogP) is 2.74. The molecule has 1 aromatic rings. The van der Waals surface area contributed by atoms with Crippen molar-refractivity contribution in [3.63, 3.8) is 0 Å². The molecule has 2 saturated heterocycles. The van der Waals surface area contributed by atoms with Crippen molar-refractivity contribution in [2.45, 2.75) is 45.3 Å².